The Balaban J connectivity index is 1.92. The zero-order valence-corrected chi connectivity index (χ0v) is 9.12. The lowest BCUT2D eigenvalue weighted by atomic mass is 10.2. The standard InChI is InChI=1S/C14H10N3/c1-2-4-13-12(3-1)16-14(17-13)6-5-11-7-9-15-10-8-11/h1-10H/q-1/b6-5+. The first-order valence-electron chi connectivity index (χ1n) is 5.39. The molecule has 0 fully saturated rings. The van der Waals surface area contributed by atoms with E-state index in [0.29, 0.717) is 0 Å². The molecule has 0 aliphatic heterocycles. The molecule has 0 aliphatic rings. The second-order valence-corrected chi connectivity index (χ2v) is 3.68. The number of para-hydroxylation sites is 2. The van der Waals surface area contributed by atoms with Gasteiger partial charge in [-0.2, -0.15) is 0 Å². The van der Waals surface area contributed by atoms with Crippen LogP contribution in [0.25, 0.3) is 23.2 Å². The van der Waals surface area contributed by atoms with Crippen molar-refractivity contribution in [3.05, 3.63) is 60.2 Å². The van der Waals surface area contributed by atoms with Crippen LogP contribution in [0.2, 0.25) is 0 Å². The summed E-state index contributed by atoms with van der Waals surface area (Å²) in [4.78, 5) is 12.8. The van der Waals surface area contributed by atoms with Gasteiger partial charge in [0.15, 0.2) is 0 Å². The van der Waals surface area contributed by atoms with Crippen molar-refractivity contribution in [3.63, 3.8) is 0 Å². The van der Waals surface area contributed by atoms with Crippen molar-refractivity contribution < 1.29 is 0 Å². The van der Waals surface area contributed by atoms with E-state index >= 15 is 0 Å². The Morgan fingerprint density at radius 2 is 1.76 bits per heavy atom. The third kappa shape index (κ3) is 2.08. The first-order valence-corrected chi connectivity index (χ1v) is 5.39. The molecule has 0 bridgehead atoms. The SMILES string of the molecule is C(=C\c1nc2ccccc2[n-]1)/c1ccncc1. The summed E-state index contributed by atoms with van der Waals surface area (Å²) in [5, 5.41) is 0. The predicted octanol–water partition coefficient (Wildman–Crippen LogP) is 2.76. The Kier molecular flexibility index (Phi) is 2.43. The van der Waals surface area contributed by atoms with Gasteiger partial charge in [0.2, 0.25) is 0 Å². The number of benzene rings is 1. The third-order valence-corrected chi connectivity index (χ3v) is 2.48. The van der Waals surface area contributed by atoms with Gasteiger partial charge in [-0.3, -0.25) is 4.98 Å². The van der Waals surface area contributed by atoms with E-state index in [1.807, 2.05) is 48.6 Å². The lowest BCUT2D eigenvalue weighted by molar-refractivity contribution is 1.27. The molecule has 0 saturated heterocycles. The normalized spacial score (nSPS) is 11.3. The summed E-state index contributed by atoms with van der Waals surface area (Å²) in [7, 11) is 0. The maximum absolute atomic E-state index is 4.41. The molecule has 3 heteroatoms. The van der Waals surface area contributed by atoms with Gasteiger partial charge in [0, 0.05) is 12.4 Å². The lowest BCUT2D eigenvalue weighted by Crippen LogP contribution is -1.77. The van der Waals surface area contributed by atoms with Gasteiger partial charge >= 0.3 is 0 Å². The van der Waals surface area contributed by atoms with E-state index in [-0.39, 0.29) is 0 Å². The number of hydrogen-bond acceptors (Lipinski definition) is 2. The molecule has 17 heavy (non-hydrogen) atoms. The van der Waals surface area contributed by atoms with Crippen LogP contribution in [0.3, 0.4) is 0 Å². The fourth-order valence-electron chi connectivity index (χ4n) is 1.64. The van der Waals surface area contributed by atoms with Crippen LogP contribution in [0.5, 0.6) is 0 Å². The summed E-state index contributed by atoms with van der Waals surface area (Å²) in [6, 6.07) is 11.7. The van der Waals surface area contributed by atoms with Crippen LogP contribution in [0.1, 0.15) is 11.4 Å². The lowest BCUT2D eigenvalue weighted by Gasteiger charge is -1.94. The molecule has 0 amide bonds. The van der Waals surface area contributed by atoms with Gasteiger partial charge < -0.3 is 9.97 Å². The maximum atomic E-state index is 4.41. The molecular formula is C14H10N3-. The average Bonchev–Trinajstić information content (AvgIpc) is 2.80. The highest BCUT2D eigenvalue weighted by Crippen LogP contribution is 2.11. The van der Waals surface area contributed by atoms with Crippen molar-refractivity contribution in [2.45, 2.75) is 0 Å². The minimum absolute atomic E-state index is 0.739. The Hall–Kier alpha value is -2.42. The van der Waals surface area contributed by atoms with Gasteiger partial charge in [-0.25, -0.2) is 0 Å². The zero-order valence-electron chi connectivity index (χ0n) is 9.12. The number of rotatable bonds is 2. The van der Waals surface area contributed by atoms with Gasteiger partial charge in [-0.05, 0) is 28.7 Å². The van der Waals surface area contributed by atoms with Crippen LogP contribution in [0.4, 0.5) is 0 Å². The van der Waals surface area contributed by atoms with E-state index in [0.717, 1.165) is 22.4 Å². The number of imidazole rings is 1. The van der Waals surface area contributed by atoms with Crippen molar-refractivity contribution in [2.75, 3.05) is 0 Å². The highest BCUT2D eigenvalue weighted by molar-refractivity contribution is 5.78. The molecule has 3 aromatic rings. The van der Waals surface area contributed by atoms with Crippen molar-refractivity contribution in [2.24, 2.45) is 0 Å². The highest BCUT2D eigenvalue weighted by Gasteiger charge is 1.88. The summed E-state index contributed by atoms with van der Waals surface area (Å²) in [5.74, 6) is 0.739. The fourth-order valence-corrected chi connectivity index (χ4v) is 1.64. The average molecular weight is 220 g/mol. The van der Waals surface area contributed by atoms with E-state index < -0.39 is 0 Å². The number of pyridine rings is 1. The van der Waals surface area contributed by atoms with Crippen LogP contribution in [-0.4, -0.2) is 9.97 Å². The molecule has 0 atom stereocenters. The topological polar surface area (TPSA) is 39.9 Å². The van der Waals surface area contributed by atoms with Crippen LogP contribution < -0.4 is 4.98 Å². The predicted molar refractivity (Wildman–Crippen MR) is 68.2 cm³/mol. The Bertz CT molecular complexity index is 620. The molecule has 3 nitrogen and oxygen atoms in total. The molecular weight excluding hydrogens is 210 g/mol. The molecule has 3 rings (SSSR count). The summed E-state index contributed by atoms with van der Waals surface area (Å²) in [6.45, 7) is 0. The summed E-state index contributed by atoms with van der Waals surface area (Å²) in [5.41, 5.74) is 2.96. The molecule has 0 aliphatic carbocycles. The molecule has 0 saturated carbocycles. The fraction of sp³-hybridized carbons (Fsp3) is 0. The van der Waals surface area contributed by atoms with E-state index in [1.54, 1.807) is 12.4 Å². The van der Waals surface area contributed by atoms with E-state index in [1.165, 1.54) is 0 Å². The number of aromatic nitrogens is 3. The van der Waals surface area contributed by atoms with Crippen molar-refractivity contribution in [1.82, 2.24) is 15.0 Å². The molecule has 0 spiro atoms. The second kappa shape index (κ2) is 4.22. The largest absolute Gasteiger partial charge is 0.436 e. The molecule has 1 aromatic carbocycles. The molecule has 2 heterocycles. The monoisotopic (exact) mass is 220 g/mol. The van der Waals surface area contributed by atoms with Gasteiger partial charge in [-0.15, -0.1) is 0 Å². The van der Waals surface area contributed by atoms with Crippen LogP contribution >= 0.6 is 0 Å². The van der Waals surface area contributed by atoms with Gasteiger partial charge in [0.25, 0.3) is 0 Å². The number of fused-ring (bicyclic) bond motifs is 1. The van der Waals surface area contributed by atoms with Gasteiger partial charge in [-0.1, -0.05) is 42.2 Å². The van der Waals surface area contributed by atoms with Crippen molar-refractivity contribution in [3.8, 4) is 0 Å². The first kappa shape index (κ1) is 9.78. The van der Waals surface area contributed by atoms with Crippen molar-refractivity contribution >= 4 is 23.2 Å². The summed E-state index contributed by atoms with van der Waals surface area (Å²) in [6.07, 6.45) is 7.43. The van der Waals surface area contributed by atoms with Crippen molar-refractivity contribution in [1.29, 1.82) is 0 Å². The summed E-state index contributed by atoms with van der Waals surface area (Å²) < 4.78 is 0. The maximum Gasteiger partial charge on any atom is 0.0273 e. The molecule has 0 radical (unpaired) electrons. The third-order valence-electron chi connectivity index (χ3n) is 2.48. The molecule has 2 aromatic heterocycles. The minimum Gasteiger partial charge on any atom is -0.436 e. The highest BCUT2D eigenvalue weighted by atomic mass is 14.9. The van der Waals surface area contributed by atoms with Crippen LogP contribution in [0, 0.1) is 0 Å². The quantitative estimate of drug-likeness (QED) is 0.666. The Labute approximate surface area is 98.9 Å². The van der Waals surface area contributed by atoms with E-state index in [9.17, 15) is 0 Å². The number of nitrogens with zero attached hydrogens (tertiary/aromatic N) is 3. The number of hydrogen-bond donors (Lipinski definition) is 0. The first-order chi connectivity index (χ1) is 8.42. The Morgan fingerprint density at radius 3 is 2.59 bits per heavy atom. The second-order valence-electron chi connectivity index (χ2n) is 3.68. The van der Waals surface area contributed by atoms with Gasteiger partial charge in [0.1, 0.15) is 0 Å². The molecule has 0 unspecified atom stereocenters. The van der Waals surface area contributed by atoms with E-state index in [2.05, 4.69) is 15.0 Å². The van der Waals surface area contributed by atoms with Crippen LogP contribution in [-0.2, 0) is 0 Å². The minimum atomic E-state index is 0.739. The van der Waals surface area contributed by atoms with E-state index in [4.69, 9.17) is 0 Å². The smallest absolute Gasteiger partial charge is 0.0273 e. The van der Waals surface area contributed by atoms with Gasteiger partial charge in [0.05, 0.1) is 0 Å². The molecule has 82 valence electrons. The zero-order chi connectivity index (χ0) is 11.5. The Morgan fingerprint density at radius 1 is 0.941 bits per heavy atom. The summed E-state index contributed by atoms with van der Waals surface area (Å²) >= 11 is 0. The molecule has 0 N–H and O–H groups in total. The van der Waals surface area contributed by atoms with Crippen LogP contribution in [0.15, 0.2) is 48.8 Å².